The molecule has 0 saturated carbocycles. The van der Waals surface area contributed by atoms with Crippen molar-refractivity contribution in [2.24, 2.45) is 11.8 Å². The highest BCUT2D eigenvalue weighted by atomic mass is 35.5. The summed E-state index contributed by atoms with van der Waals surface area (Å²) < 4.78 is 0. The molecule has 0 unspecified atom stereocenters. The van der Waals surface area contributed by atoms with Crippen molar-refractivity contribution in [2.75, 3.05) is 5.88 Å². The zero-order chi connectivity index (χ0) is 9.68. The van der Waals surface area contributed by atoms with E-state index in [0.29, 0.717) is 11.8 Å². The molecule has 13 heavy (non-hydrogen) atoms. The Morgan fingerprint density at radius 1 is 1.08 bits per heavy atom. The molecule has 0 bridgehead atoms. The van der Waals surface area contributed by atoms with Crippen molar-refractivity contribution in [3.05, 3.63) is 35.9 Å². The average molecular weight is 197 g/mol. The molecule has 1 rings (SSSR count). The average Bonchev–Trinajstić information content (AvgIpc) is 2.18. The van der Waals surface area contributed by atoms with Gasteiger partial charge in [0.2, 0.25) is 0 Å². The molecule has 0 radical (unpaired) electrons. The monoisotopic (exact) mass is 196 g/mol. The van der Waals surface area contributed by atoms with E-state index in [1.54, 1.807) is 0 Å². The molecule has 0 N–H and O–H groups in total. The highest BCUT2D eigenvalue weighted by Crippen LogP contribution is 2.17. The molecule has 0 aromatic heterocycles. The Labute approximate surface area is 85.9 Å². The number of benzene rings is 1. The second kappa shape index (κ2) is 5.29. The van der Waals surface area contributed by atoms with Crippen LogP contribution < -0.4 is 0 Å². The van der Waals surface area contributed by atoms with Crippen LogP contribution in [0.15, 0.2) is 30.3 Å². The Morgan fingerprint density at radius 3 is 2.23 bits per heavy atom. The summed E-state index contributed by atoms with van der Waals surface area (Å²) in [5, 5.41) is 0. The van der Waals surface area contributed by atoms with Gasteiger partial charge in [0.15, 0.2) is 0 Å². The van der Waals surface area contributed by atoms with Crippen LogP contribution in [0.2, 0.25) is 0 Å². The van der Waals surface area contributed by atoms with E-state index in [-0.39, 0.29) is 0 Å². The van der Waals surface area contributed by atoms with Crippen molar-refractivity contribution in [2.45, 2.75) is 20.3 Å². The van der Waals surface area contributed by atoms with Gasteiger partial charge >= 0.3 is 0 Å². The van der Waals surface area contributed by atoms with Gasteiger partial charge in [0.1, 0.15) is 0 Å². The molecular formula is C12H17Cl. The SMILES string of the molecule is C[C@H](CCl)[C@@H](C)Cc1ccccc1. The van der Waals surface area contributed by atoms with Crippen LogP contribution in [0.3, 0.4) is 0 Å². The molecule has 0 spiro atoms. The van der Waals surface area contributed by atoms with E-state index in [2.05, 4.69) is 44.2 Å². The normalized spacial score (nSPS) is 15.3. The summed E-state index contributed by atoms with van der Waals surface area (Å²) >= 11 is 5.81. The molecule has 0 saturated heterocycles. The minimum Gasteiger partial charge on any atom is -0.126 e. The fourth-order valence-corrected chi connectivity index (χ4v) is 1.64. The molecule has 0 nitrogen and oxygen atoms in total. The molecule has 0 aliphatic carbocycles. The lowest BCUT2D eigenvalue weighted by molar-refractivity contribution is 0.422. The molecular weight excluding hydrogens is 180 g/mol. The molecule has 0 fully saturated rings. The van der Waals surface area contributed by atoms with E-state index >= 15 is 0 Å². The minimum absolute atomic E-state index is 0.599. The number of hydrogen-bond acceptors (Lipinski definition) is 0. The third kappa shape index (κ3) is 3.40. The van der Waals surface area contributed by atoms with Gasteiger partial charge in [-0.1, -0.05) is 44.2 Å². The highest BCUT2D eigenvalue weighted by molar-refractivity contribution is 6.18. The van der Waals surface area contributed by atoms with Gasteiger partial charge in [0.05, 0.1) is 0 Å². The third-order valence-corrected chi connectivity index (χ3v) is 3.10. The summed E-state index contributed by atoms with van der Waals surface area (Å²) in [6.07, 6.45) is 1.13. The molecule has 2 atom stereocenters. The molecule has 72 valence electrons. The van der Waals surface area contributed by atoms with Crippen LogP contribution >= 0.6 is 11.6 Å². The molecule has 0 amide bonds. The van der Waals surface area contributed by atoms with Crippen LogP contribution in [0.25, 0.3) is 0 Å². The van der Waals surface area contributed by atoms with Crippen molar-refractivity contribution in [1.82, 2.24) is 0 Å². The summed E-state index contributed by atoms with van der Waals surface area (Å²) in [5.41, 5.74) is 1.41. The zero-order valence-corrected chi connectivity index (χ0v) is 9.09. The number of halogens is 1. The first kappa shape index (κ1) is 10.6. The van der Waals surface area contributed by atoms with E-state index in [1.807, 2.05) is 0 Å². The summed E-state index contributed by atoms with van der Waals surface area (Å²) in [4.78, 5) is 0. The predicted octanol–water partition coefficient (Wildman–Crippen LogP) is 3.74. The fraction of sp³-hybridized carbons (Fsp3) is 0.500. The maximum absolute atomic E-state index is 5.81. The van der Waals surface area contributed by atoms with Gasteiger partial charge in [-0.25, -0.2) is 0 Å². The lowest BCUT2D eigenvalue weighted by Gasteiger charge is -2.17. The Bertz CT molecular complexity index is 230. The van der Waals surface area contributed by atoms with Gasteiger partial charge in [-0.2, -0.15) is 0 Å². The Kier molecular flexibility index (Phi) is 4.31. The second-order valence-corrected chi connectivity index (χ2v) is 4.11. The zero-order valence-electron chi connectivity index (χ0n) is 8.33. The summed E-state index contributed by atoms with van der Waals surface area (Å²) in [7, 11) is 0. The summed E-state index contributed by atoms with van der Waals surface area (Å²) in [6, 6.07) is 10.6. The number of hydrogen-bond donors (Lipinski definition) is 0. The maximum Gasteiger partial charge on any atom is 0.0251 e. The van der Waals surface area contributed by atoms with Gasteiger partial charge in [-0.15, -0.1) is 11.6 Å². The first-order valence-corrected chi connectivity index (χ1v) is 5.37. The minimum atomic E-state index is 0.599. The number of alkyl halides is 1. The van der Waals surface area contributed by atoms with Crippen LogP contribution in [0.1, 0.15) is 19.4 Å². The molecule has 0 aliphatic rings. The summed E-state index contributed by atoms with van der Waals surface area (Å²) in [6.45, 7) is 4.47. The second-order valence-electron chi connectivity index (χ2n) is 3.80. The Hall–Kier alpha value is -0.490. The maximum atomic E-state index is 5.81. The van der Waals surface area contributed by atoms with Crippen LogP contribution in [-0.2, 0) is 6.42 Å². The van der Waals surface area contributed by atoms with Crippen LogP contribution in [-0.4, -0.2) is 5.88 Å². The molecule has 1 heteroatoms. The molecule has 0 heterocycles. The quantitative estimate of drug-likeness (QED) is 0.644. The van der Waals surface area contributed by atoms with Crippen LogP contribution in [0.4, 0.5) is 0 Å². The lowest BCUT2D eigenvalue weighted by atomic mass is 9.91. The van der Waals surface area contributed by atoms with Gasteiger partial charge in [-0.3, -0.25) is 0 Å². The van der Waals surface area contributed by atoms with E-state index in [9.17, 15) is 0 Å². The van der Waals surface area contributed by atoms with Crippen molar-refractivity contribution in [1.29, 1.82) is 0 Å². The highest BCUT2D eigenvalue weighted by Gasteiger charge is 2.10. The first-order valence-electron chi connectivity index (χ1n) is 4.84. The molecule has 0 aliphatic heterocycles. The Morgan fingerprint density at radius 2 is 1.69 bits per heavy atom. The number of rotatable bonds is 4. The van der Waals surface area contributed by atoms with Crippen molar-refractivity contribution < 1.29 is 0 Å². The van der Waals surface area contributed by atoms with E-state index < -0.39 is 0 Å². The van der Waals surface area contributed by atoms with E-state index in [4.69, 9.17) is 11.6 Å². The van der Waals surface area contributed by atoms with Gasteiger partial charge in [-0.05, 0) is 23.8 Å². The third-order valence-electron chi connectivity index (χ3n) is 2.62. The van der Waals surface area contributed by atoms with Gasteiger partial charge in [0.25, 0.3) is 0 Å². The van der Waals surface area contributed by atoms with Crippen molar-refractivity contribution in [3.63, 3.8) is 0 Å². The van der Waals surface area contributed by atoms with E-state index in [1.165, 1.54) is 5.56 Å². The van der Waals surface area contributed by atoms with Crippen LogP contribution in [0.5, 0.6) is 0 Å². The topological polar surface area (TPSA) is 0 Å². The first-order chi connectivity index (χ1) is 6.24. The van der Waals surface area contributed by atoms with Gasteiger partial charge in [0, 0.05) is 5.88 Å². The van der Waals surface area contributed by atoms with Gasteiger partial charge < -0.3 is 0 Å². The van der Waals surface area contributed by atoms with Crippen molar-refractivity contribution in [3.8, 4) is 0 Å². The predicted molar refractivity (Wildman–Crippen MR) is 59.2 cm³/mol. The lowest BCUT2D eigenvalue weighted by Crippen LogP contribution is -2.12. The molecule has 1 aromatic rings. The smallest absolute Gasteiger partial charge is 0.0251 e. The Balaban J connectivity index is 2.50. The van der Waals surface area contributed by atoms with Crippen molar-refractivity contribution >= 4 is 11.6 Å². The van der Waals surface area contributed by atoms with Crippen LogP contribution in [0, 0.1) is 11.8 Å². The van der Waals surface area contributed by atoms with E-state index in [0.717, 1.165) is 12.3 Å². The summed E-state index contributed by atoms with van der Waals surface area (Å²) in [5.74, 6) is 2.02. The standard InChI is InChI=1S/C12H17Cl/c1-10(11(2)9-13)8-12-6-4-3-5-7-12/h3-7,10-11H,8-9H2,1-2H3/t10-,11+/m0/s1. The fourth-order valence-electron chi connectivity index (χ4n) is 1.34. The molecule has 1 aromatic carbocycles. The largest absolute Gasteiger partial charge is 0.126 e.